The second-order valence-corrected chi connectivity index (χ2v) is 6.33. The topological polar surface area (TPSA) is 93.9 Å². The fraction of sp³-hybridized carbons (Fsp3) is 0.579. The molecular weight excluding hydrogens is 370 g/mol. The van der Waals surface area contributed by atoms with Gasteiger partial charge in [0, 0.05) is 32.1 Å². The molecule has 1 aliphatic rings. The first-order chi connectivity index (χ1) is 12.7. The van der Waals surface area contributed by atoms with Crippen LogP contribution in [0.25, 0.3) is 0 Å². The quantitative estimate of drug-likeness (QED) is 0.659. The third-order valence-electron chi connectivity index (χ3n) is 4.50. The fourth-order valence-corrected chi connectivity index (χ4v) is 3.12. The van der Waals surface area contributed by atoms with E-state index in [2.05, 4.69) is 5.32 Å². The lowest BCUT2D eigenvalue weighted by atomic mass is 10.0. The van der Waals surface area contributed by atoms with E-state index in [-0.39, 0.29) is 30.3 Å². The van der Waals surface area contributed by atoms with Gasteiger partial charge in [0.2, 0.25) is 11.8 Å². The maximum atomic E-state index is 12.6. The van der Waals surface area contributed by atoms with Gasteiger partial charge in [-0.1, -0.05) is 12.1 Å². The summed E-state index contributed by atoms with van der Waals surface area (Å²) in [6.07, 6.45) is 3.58. The number of nitrogens with one attached hydrogen (secondary N) is 1. The highest BCUT2D eigenvalue weighted by atomic mass is 35.5. The minimum absolute atomic E-state index is 0. The lowest BCUT2D eigenvalue weighted by Gasteiger charge is -2.36. The van der Waals surface area contributed by atoms with Crippen molar-refractivity contribution in [3.05, 3.63) is 24.3 Å². The summed E-state index contributed by atoms with van der Waals surface area (Å²) in [4.78, 5) is 26.1. The molecule has 8 heteroatoms. The summed E-state index contributed by atoms with van der Waals surface area (Å²) in [6.45, 7) is 1.84. The summed E-state index contributed by atoms with van der Waals surface area (Å²) in [6, 6.07) is 7.42. The number of nitrogens with two attached hydrogens (primary N) is 1. The maximum absolute atomic E-state index is 12.6. The molecule has 1 aliphatic heterocycles. The summed E-state index contributed by atoms with van der Waals surface area (Å²) in [5.41, 5.74) is 5.39. The van der Waals surface area contributed by atoms with Gasteiger partial charge in [0.05, 0.1) is 20.1 Å². The lowest BCUT2D eigenvalue weighted by Crippen LogP contribution is -2.49. The van der Waals surface area contributed by atoms with Crippen molar-refractivity contribution in [2.75, 3.05) is 33.4 Å². The fourth-order valence-electron chi connectivity index (χ4n) is 3.12. The number of hydrogen-bond donors (Lipinski definition) is 2. The van der Waals surface area contributed by atoms with Crippen molar-refractivity contribution < 1.29 is 19.1 Å². The first kappa shape index (κ1) is 23.0. The van der Waals surface area contributed by atoms with Crippen LogP contribution in [-0.4, -0.2) is 56.1 Å². The number of nitrogens with zero attached hydrogens (tertiary/aromatic N) is 1. The van der Waals surface area contributed by atoms with Crippen LogP contribution in [0.3, 0.4) is 0 Å². The number of methoxy groups -OCH3 is 1. The van der Waals surface area contributed by atoms with Crippen LogP contribution in [-0.2, 0) is 9.59 Å². The van der Waals surface area contributed by atoms with Crippen LogP contribution >= 0.6 is 12.4 Å². The normalized spacial score (nSPS) is 16.2. The Morgan fingerprint density at radius 1 is 1.22 bits per heavy atom. The van der Waals surface area contributed by atoms with E-state index in [4.69, 9.17) is 15.2 Å². The van der Waals surface area contributed by atoms with Gasteiger partial charge in [0.15, 0.2) is 11.5 Å². The molecule has 0 aromatic heterocycles. The highest BCUT2D eigenvalue weighted by molar-refractivity contribution is 5.85. The van der Waals surface area contributed by atoms with Gasteiger partial charge in [0.1, 0.15) is 0 Å². The molecule has 0 aliphatic carbocycles. The van der Waals surface area contributed by atoms with Crippen molar-refractivity contribution >= 4 is 24.2 Å². The number of ether oxygens (including phenoxy) is 2. The molecule has 7 nitrogen and oxygen atoms in total. The van der Waals surface area contributed by atoms with E-state index in [0.717, 1.165) is 25.8 Å². The second kappa shape index (κ2) is 12.4. The van der Waals surface area contributed by atoms with Crippen LogP contribution in [0.1, 0.15) is 32.1 Å². The molecule has 1 aromatic carbocycles. The van der Waals surface area contributed by atoms with Crippen LogP contribution in [0, 0.1) is 0 Å². The average Bonchev–Trinajstić information content (AvgIpc) is 2.67. The Hall–Kier alpha value is -1.99. The van der Waals surface area contributed by atoms with Crippen LogP contribution in [0.15, 0.2) is 24.3 Å². The number of amides is 2. The third kappa shape index (κ3) is 7.27. The molecule has 2 rings (SSSR count). The van der Waals surface area contributed by atoms with Crippen molar-refractivity contribution in [2.24, 2.45) is 5.73 Å². The van der Waals surface area contributed by atoms with Crippen LogP contribution < -0.4 is 20.5 Å². The van der Waals surface area contributed by atoms with Crippen molar-refractivity contribution in [1.29, 1.82) is 0 Å². The first-order valence-corrected chi connectivity index (χ1v) is 9.17. The van der Waals surface area contributed by atoms with Crippen molar-refractivity contribution in [1.82, 2.24) is 10.2 Å². The number of rotatable bonds is 9. The number of halogens is 1. The predicted molar refractivity (Wildman–Crippen MR) is 106 cm³/mol. The molecule has 1 aromatic rings. The van der Waals surface area contributed by atoms with E-state index in [1.807, 2.05) is 29.2 Å². The van der Waals surface area contributed by atoms with Crippen molar-refractivity contribution in [3.63, 3.8) is 0 Å². The van der Waals surface area contributed by atoms with Gasteiger partial charge in [0.25, 0.3) is 0 Å². The Balaban J connectivity index is 0.00000364. The maximum Gasteiger partial charge on any atom is 0.226 e. The first-order valence-electron chi connectivity index (χ1n) is 9.17. The number of carbonyl (C=O) groups is 2. The minimum Gasteiger partial charge on any atom is -0.493 e. The summed E-state index contributed by atoms with van der Waals surface area (Å²) >= 11 is 0. The van der Waals surface area contributed by atoms with E-state index in [9.17, 15) is 9.59 Å². The lowest BCUT2D eigenvalue weighted by molar-refractivity contribution is -0.136. The SMILES string of the molecule is COc1ccccc1OCCC(=O)N1CCCCC1CNC(=O)CCN.Cl. The molecule has 1 heterocycles. The third-order valence-corrected chi connectivity index (χ3v) is 4.50. The number of para-hydroxylation sites is 2. The predicted octanol–water partition coefficient (Wildman–Crippen LogP) is 1.73. The summed E-state index contributed by atoms with van der Waals surface area (Å²) < 4.78 is 10.9. The number of hydrogen-bond acceptors (Lipinski definition) is 5. The zero-order chi connectivity index (χ0) is 18.8. The van der Waals surface area contributed by atoms with Crippen LogP contribution in [0.5, 0.6) is 11.5 Å². The van der Waals surface area contributed by atoms with Crippen molar-refractivity contribution in [2.45, 2.75) is 38.1 Å². The number of benzene rings is 1. The summed E-state index contributed by atoms with van der Waals surface area (Å²) in [5.74, 6) is 1.27. The molecule has 0 bridgehead atoms. The molecule has 152 valence electrons. The second-order valence-electron chi connectivity index (χ2n) is 6.33. The minimum atomic E-state index is -0.0648. The highest BCUT2D eigenvalue weighted by Crippen LogP contribution is 2.26. The standard InChI is InChI=1S/C19H29N3O4.ClH/c1-25-16-7-2-3-8-17(16)26-13-10-19(24)22-12-5-4-6-15(22)14-21-18(23)9-11-20;/h2-3,7-8,15H,4-6,9-14,20H2,1H3,(H,21,23);1H. The van der Waals surface area contributed by atoms with E-state index >= 15 is 0 Å². The van der Waals surface area contributed by atoms with Gasteiger partial charge in [-0.2, -0.15) is 0 Å². The molecular formula is C19H30ClN3O4. The number of carbonyl (C=O) groups excluding carboxylic acids is 2. The monoisotopic (exact) mass is 399 g/mol. The number of likely N-dealkylation sites (tertiary alicyclic amines) is 1. The average molecular weight is 400 g/mol. The summed E-state index contributed by atoms with van der Waals surface area (Å²) in [5, 5.41) is 2.87. The van der Waals surface area contributed by atoms with E-state index in [0.29, 0.717) is 44.0 Å². The molecule has 27 heavy (non-hydrogen) atoms. The molecule has 1 fully saturated rings. The summed E-state index contributed by atoms with van der Waals surface area (Å²) in [7, 11) is 1.59. The Labute approximate surface area is 167 Å². The van der Waals surface area contributed by atoms with Gasteiger partial charge in [-0.15, -0.1) is 12.4 Å². The van der Waals surface area contributed by atoms with E-state index in [1.165, 1.54) is 0 Å². The highest BCUT2D eigenvalue weighted by Gasteiger charge is 2.26. The molecule has 0 radical (unpaired) electrons. The Morgan fingerprint density at radius 2 is 1.96 bits per heavy atom. The van der Waals surface area contributed by atoms with E-state index < -0.39 is 0 Å². The molecule has 1 atom stereocenters. The van der Waals surface area contributed by atoms with E-state index in [1.54, 1.807) is 7.11 Å². The molecule has 2 amide bonds. The smallest absolute Gasteiger partial charge is 0.226 e. The largest absolute Gasteiger partial charge is 0.493 e. The molecule has 3 N–H and O–H groups in total. The zero-order valence-corrected chi connectivity index (χ0v) is 16.6. The molecule has 1 saturated heterocycles. The number of piperidine rings is 1. The molecule has 1 unspecified atom stereocenters. The Morgan fingerprint density at radius 3 is 2.67 bits per heavy atom. The van der Waals surface area contributed by atoms with Gasteiger partial charge in [-0.3, -0.25) is 9.59 Å². The van der Waals surface area contributed by atoms with Crippen LogP contribution in [0.2, 0.25) is 0 Å². The van der Waals surface area contributed by atoms with Gasteiger partial charge in [-0.25, -0.2) is 0 Å². The van der Waals surface area contributed by atoms with Gasteiger partial charge < -0.3 is 25.4 Å². The molecule has 0 spiro atoms. The van der Waals surface area contributed by atoms with Crippen LogP contribution in [0.4, 0.5) is 0 Å². The Bertz CT molecular complexity index is 600. The van der Waals surface area contributed by atoms with Gasteiger partial charge in [-0.05, 0) is 31.4 Å². The van der Waals surface area contributed by atoms with Gasteiger partial charge >= 0.3 is 0 Å². The molecule has 0 saturated carbocycles. The Kier molecular flexibility index (Phi) is 10.6. The van der Waals surface area contributed by atoms with Crippen molar-refractivity contribution in [3.8, 4) is 11.5 Å². The zero-order valence-electron chi connectivity index (χ0n) is 15.8.